The molecule has 1 aromatic heterocycles. The molecule has 10 heteroatoms. The molecule has 2 atom stereocenters. The van der Waals surface area contributed by atoms with Gasteiger partial charge in [0.2, 0.25) is 0 Å². The van der Waals surface area contributed by atoms with E-state index in [0.29, 0.717) is 31.2 Å². The van der Waals surface area contributed by atoms with Crippen molar-refractivity contribution in [1.29, 1.82) is 0 Å². The molecule has 0 aliphatic carbocycles. The van der Waals surface area contributed by atoms with Crippen LogP contribution in [-0.4, -0.2) is 77.2 Å². The number of carbonyl (C=O) groups is 1. The Morgan fingerprint density at radius 3 is 2.33 bits per heavy atom. The molecule has 0 radical (unpaired) electrons. The van der Waals surface area contributed by atoms with Gasteiger partial charge in [-0.2, -0.15) is 8.78 Å². The average Bonchev–Trinajstić information content (AvgIpc) is 2.85. The van der Waals surface area contributed by atoms with Gasteiger partial charge in [0.05, 0.1) is 18.1 Å². The molecule has 2 fully saturated rings. The number of benzene rings is 1. The van der Waals surface area contributed by atoms with Crippen LogP contribution in [0.2, 0.25) is 0 Å². The highest BCUT2D eigenvalue weighted by Crippen LogP contribution is 2.24. The van der Waals surface area contributed by atoms with Crippen molar-refractivity contribution in [1.82, 2.24) is 25.1 Å². The molecule has 1 N–H and O–H groups in total. The number of rotatable bonds is 8. The van der Waals surface area contributed by atoms with Crippen molar-refractivity contribution in [2.45, 2.75) is 58.3 Å². The lowest BCUT2D eigenvalue weighted by atomic mass is 9.93. The number of amides is 2. The molecule has 2 aliphatic rings. The Bertz CT molecular complexity index is 945. The zero-order valence-electron chi connectivity index (χ0n) is 21.0. The van der Waals surface area contributed by atoms with Gasteiger partial charge in [-0.1, -0.05) is 30.3 Å². The summed E-state index contributed by atoms with van der Waals surface area (Å²) in [5, 5.41) is 3.13. The van der Waals surface area contributed by atoms with E-state index in [1.54, 1.807) is 0 Å². The third kappa shape index (κ3) is 7.02. The van der Waals surface area contributed by atoms with Crippen LogP contribution in [0, 0.1) is 5.92 Å². The monoisotopic (exact) mass is 502 g/mol. The van der Waals surface area contributed by atoms with E-state index in [1.165, 1.54) is 18.0 Å². The van der Waals surface area contributed by atoms with Crippen LogP contribution in [-0.2, 0) is 6.54 Å². The summed E-state index contributed by atoms with van der Waals surface area (Å²) < 4.78 is 28.9. The highest BCUT2D eigenvalue weighted by molar-refractivity contribution is 5.75. The number of ether oxygens (including phenoxy) is 1. The molecule has 0 spiro atoms. The van der Waals surface area contributed by atoms with E-state index in [2.05, 4.69) is 60.2 Å². The molecule has 0 bridgehead atoms. The van der Waals surface area contributed by atoms with Gasteiger partial charge in [-0.15, -0.1) is 0 Å². The van der Waals surface area contributed by atoms with E-state index in [9.17, 15) is 13.6 Å². The molecule has 36 heavy (non-hydrogen) atoms. The Morgan fingerprint density at radius 1 is 1.08 bits per heavy atom. The summed E-state index contributed by atoms with van der Waals surface area (Å²) in [6, 6.07) is 10.2. The van der Waals surface area contributed by atoms with Crippen LogP contribution >= 0.6 is 0 Å². The first kappa shape index (κ1) is 26.1. The van der Waals surface area contributed by atoms with Gasteiger partial charge in [0.25, 0.3) is 0 Å². The molecule has 2 aliphatic heterocycles. The lowest BCUT2D eigenvalue weighted by molar-refractivity contribution is -0.0560. The molecule has 2 amide bonds. The number of nitrogens with zero attached hydrogens (tertiary/aromatic N) is 5. The first-order valence-electron chi connectivity index (χ1n) is 12.7. The number of aromatic nitrogens is 2. The third-order valence-electron chi connectivity index (χ3n) is 7.11. The fourth-order valence-electron chi connectivity index (χ4n) is 5.30. The Hall–Kier alpha value is -3.01. The summed E-state index contributed by atoms with van der Waals surface area (Å²) in [7, 11) is 0. The third-order valence-corrected chi connectivity index (χ3v) is 7.11. The number of piperazine rings is 1. The van der Waals surface area contributed by atoms with Crippen LogP contribution in [0.1, 0.15) is 38.7 Å². The molecule has 196 valence electrons. The van der Waals surface area contributed by atoms with Gasteiger partial charge in [-0.05, 0) is 57.7 Å². The van der Waals surface area contributed by atoms with Crippen LogP contribution < -0.4 is 15.0 Å². The maximum Gasteiger partial charge on any atom is 0.389 e. The fraction of sp³-hybridized carbons (Fsp3) is 0.577. The maximum absolute atomic E-state index is 13.0. The second kappa shape index (κ2) is 12.3. The zero-order valence-corrected chi connectivity index (χ0v) is 21.0. The molecule has 2 aromatic rings. The molecular formula is C26H36F2N6O2. The Kier molecular flexibility index (Phi) is 8.90. The number of halogens is 2. The topological polar surface area (TPSA) is 73.8 Å². The van der Waals surface area contributed by atoms with E-state index < -0.39 is 6.61 Å². The van der Waals surface area contributed by atoms with Gasteiger partial charge in [-0.3, -0.25) is 4.90 Å². The fourth-order valence-corrected chi connectivity index (χ4v) is 5.30. The second-order valence-electron chi connectivity index (χ2n) is 9.84. The van der Waals surface area contributed by atoms with Crippen molar-refractivity contribution in [2.24, 2.45) is 5.92 Å². The largest absolute Gasteiger partial charge is 0.401 e. The van der Waals surface area contributed by atoms with Gasteiger partial charge < -0.3 is 19.9 Å². The number of alkyl halides is 2. The number of likely N-dealkylation sites (tertiary alicyclic amines) is 1. The van der Waals surface area contributed by atoms with E-state index in [0.717, 1.165) is 38.9 Å². The van der Waals surface area contributed by atoms with Gasteiger partial charge in [0.15, 0.2) is 0 Å². The Labute approximate surface area is 211 Å². The van der Waals surface area contributed by atoms with Crippen molar-refractivity contribution < 1.29 is 18.3 Å². The van der Waals surface area contributed by atoms with Gasteiger partial charge >= 0.3 is 18.7 Å². The lowest BCUT2D eigenvalue weighted by Gasteiger charge is -2.45. The Morgan fingerprint density at radius 2 is 1.72 bits per heavy atom. The van der Waals surface area contributed by atoms with Crippen LogP contribution in [0.4, 0.5) is 19.3 Å². The van der Waals surface area contributed by atoms with Crippen molar-refractivity contribution in [3.8, 4) is 6.01 Å². The average molecular weight is 503 g/mol. The Balaban J connectivity index is 1.18. The van der Waals surface area contributed by atoms with E-state index >= 15 is 0 Å². The van der Waals surface area contributed by atoms with E-state index in [1.807, 2.05) is 18.7 Å². The minimum Gasteiger partial charge on any atom is -0.401 e. The van der Waals surface area contributed by atoms with Gasteiger partial charge in [0.1, 0.15) is 0 Å². The summed E-state index contributed by atoms with van der Waals surface area (Å²) in [4.78, 5) is 27.2. The zero-order chi connectivity index (χ0) is 25.5. The van der Waals surface area contributed by atoms with Crippen molar-refractivity contribution in [2.75, 3.05) is 37.6 Å². The van der Waals surface area contributed by atoms with Crippen molar-refractivity contribution in [3.63, 3.8) is 0 Å². The summed E-state index contributed by atoms with van der Waals surface area (Å²) in [6.45, 7) is 6.18. The first-order chi connectivity index (χ1) is 17.4. The number of hydrogen-bond donors (Lipinski definition) is 1. The van der Waals surface area contributed by atoms with E-state index in [-0.39, 0.29) is 24.1 Å². The molecule has 1 aromatic carbocycles. The van der Waals surface area contributed by atoms with E-state index in [4.69, 9.17) is 0 Å². The summed E-state index contributed by atoms with van der Waals surface area (Å²) in [5.74, 6) is 0.640. The lowest BCUT2D eigenvalue weighted by Crippen LogP contribution is -2.61. The maximum atomic E-state index is 13.0. The highest BCUT2D eigenvalue weighted by atomic mass is 19.3. The second-order valence-corrected chi connectivity index (χ2v) is 9.84. The van der Waals surface area contributed by atoms with Crippen LogP contribution in [0.15, 0.2) is 42.7 Å². The van der Waals surface area contributed by atoms with Crippen molar-refractivity contribution >= 4 is 11.7 Å². The summed E-state index contributed by atoms with van der Waals surface area (Å²) in [6.07, 6.45) is 6.28. The normalized spacial score (nSPS) is 21.6. The number of urea groups is 1. The number of nitrogens with one attached hydrogen (secondary N) is 1. The van der Waals surface area contributed by atoms with Gasteiger partial charge in [-0.25, -0.2) is 14.8 Å². The highest BCUT2D eigenvalue weighted by Gasteiger charge is 2.33. The molecule has 2 unspecified atom stereocenters. The number of piperidine rings is 1. The van der Waals surface area contributed by atoms with Crippen molar-refractivity contribution in [3.05, 3.63) is 48.3 Å². The predicted octanol–water partition coefficient (Wildman–Crippen LogP) is 3.99. The molecule has 4 rings (SSSR count). The first-order valence-corrected chi connectivity index (χ1v) is 12.7. The molecular weight excluding hydrogens is 466 g/mol. The number of hydrogen-bond acceptors (Lipinski definition) is 6. The van der Waals surface area contributed by atoms with Crippen LogP contribution in [0.5, 0.6) is 6.01 Å². The standard InChI is InChI=1S/C26H36F2N6O2/c1-19-16-33(23-14-30-25(31-15-23)36-24(27)28)17-20(2)34(19)26(35)29-11-8-21-9-12-32(13-10-21)18-22-6-4-3-5-7-22/h3-7,14-15,19-21,24H,8-13,16-18H2,1-2H3,(H,29,35). The summed E-state index contributed by atoms with van der Waals surface area (Å²) >= 11 is 0. The molecule has 2 saturated heterocycles. The van der Waals surface area contributed by atoms with Crippen LogP contribution in [0.3, 0.4) is 0 Å². The molecule has 8 nitrogen and oxygen atoms in total. The van der Waals surface area contributed by atoms with Crippen LogP contribution in [0.25, 0.3) is 0 Å². The minimum absolute atomic E-state index is 0.0213. The molecule has 3 heterocycles. The quantitative estimate of drug-likeness (QED) is 0.589. The predicted molar refractivity (Wildman–Crippen MR) is 134 cm³/mol. The van der Waals surface area contributed by atoms with Gasteiger partial charge in [0, 0.05) is 38.3 Å². The SMILES string of the molecule is CC1CN(c2cnc(OC(F)F)nc2)CC(C)N1C(=O)NCCC1CCN(Cc2ccccc2)CC1. The smallest absolute Gasteiger partial charge is 0.389 e. The summed E-state index contributed by atoms with van der Waals surface area (Å²) in [5.41, 5.74) is 2.07. The number of anilines is 1. The number of carbonyl (C=O) groups excluding carboxylic acids is 1. The molecule has 0 saturated carbocycles. The minimum atomic E-state index is -2.95.